The van der Waals surface area contributed by atoms with Crippen LogP contribution in [0.4, 0.5) is 5.82 Å². The van der Waals surface area contributed by atoms with E-state index in [-0.39, 0.29) is 0 Å². The summed E-state index contributed by atoms with van der Waals surface area (Å²) in [6.07, 6.45) is 2.63. The molecular weight excluding hydrogens is 250 g/mol. The van der Waals surface area contributed by atoms with Gasteiger partial charge in [0.05, 0.1) is 13.2 Å². The Balaban J connectivity index is 1.58. The second-order valence-electron chi connectivity index (χ2n) is 6.00. The van der Waals surface area contributed by atoms with Crippen molar-refractivity contribution >= 4 is 5.82 Å². The van der Waals surface area contributed by atoms with Gasteiger partial charge in [-0.25, -0.2) is 4.98 Å². The topological polar surface area (TPSA) is 28.6 Å². The highest BCUT2D eigenvalue weighted by Crippen LogP contribution is 2.22. The number of hydrogen-bond acceptors (Lipinski definition) is 4. The summed E-state index contributed by atoms with van der Waals surface area (Å²) in [6, 6.07) is 6.33. The van der Waals surface area contributed by atoms with E-state index in [1.165, 1.54) is 19.4 Å². The van der Waals surface area contributed by atoms with Crippen LogP contribution in [0.15, 0.2) is 18.2 Å². The number of rotatable bonds is 3. The molecule has 3 rings (SSSR count). The maximum atomic E-state index is 5.43. The molecule has 2 fully saturated rings. The van der Waals surface area contributed by atoms with Crippen molar-refractivity contribution in [2.24, 2.45) is 5.92 Å². The number of hydrogen-bond donors (Lipinski definition) is 0. The first-order valence-electron chi connectivity index (χ1n) is 7.80. The van der Waals surface area contributed by atoms with Crippen LogP contribution < -0.4 is 4.90 Å². The standard InChI is InChI=1S/C16H25N3O/c1-14-4-2-6-16(17-14)19-7-3-5-15(13-19)12-18-8-10-20-11-9-18/h2,4,6,15H,3,5,7-13H2,1H3/t15-/m1/s1. The molecule has 1 aromatic heterocycles. The lowest BCUT2D eigenvalue weighted by Crippen LogP contribution is -2.44. The summed E-state index contributed by atoms with van der Waals surface area (Å²) in [7, 11) is 0. The fourth-order valence-electron chi connectivity index (χ4n) is 3.28. The zero-order chi connectivity index (χ0) is 13.8. The molecule has 0 N–H and O–H groups in total. The number of morpholine rings is 1. The van der Waals surface area contributed by atoms with Crippen molar-refractivity contribution in [3.8, 4) is 0 Å². The SMILES string of the molecule is Cc1cccc(N2CCC[C@H](CN3CCOCC3)C2)n1. The number of pyridine rings is 1. The second kappa shape index (κ2) is 6.55. The number of nitrogens with zero attached hydrogens (tertiary/aromatic N) is 3. The fourth-order valence-corrected chi connectivity index (χ4v) is 3.28. The van der Waals surface area contributed by atoms with Gasteiger partial charge < -0.3 is 9.64 Å². The molecule has 110 valence electrons. The van der Waals surface area contributed by atoms with E-state index >= 15 is 0 Å². The molecule has 0 radical (unpaired) electrons. The molecule has 0 unspecified atom stereocenters. The highest BCUT2D eigenvalue weighted by Gasteiger charge is 2.23. The highest BCUT2D eigenvalue weighted by atomic mass is 16.5. The van der Waals surface area contributed by atoms with Crippen molar-refractivity contribution in [1.82, 2.24) is 9.88 Å². The lowest BCUT2D eigenvalue weighted by molar-refractivity contribution is 0.0296. The fraction of sp³-hybridized carbons (Fsp3) is 0.688. The van der Waals surface area contributed by atoms with Crippen molar-refractivity contribution in [3.05, 3.63) is 23.9 Å². The van der Waals surface area contributed by atoms with Crippen molar-refractivity contribution < 1.29 is 4.74 Å². The van der Waals surface area contributed by atoms with Gasteiger partial charge in [0.15, 0.2) is 0 Å². The van der Waals surface area contributed by atoms with Gasteiger partial charge >= 0.3 is 0 Å². The van der Waals surface area contributed by atoms with Gasteiger partial charge in [-0.1, -0.05) is 6.07 Å². The minimum Gasteiger partial charge on any atom is -0.379 e. The van der Waals surface area contributed by atoms with E-state index in [2.05, 4.69) is 39.9 Å². The Hall–Kier alpha value is -1.13. The lowest BCUT2D eigenvalue weighted by atomic mass is 9.97. The molecule has 0 amide bonds. The van der Waals surface area contributed by atoms with Gasteiger partial charge in [0.25, 0.3) is 0 Å². The van der Waals surface area contributed by atoms with Crippen LogP contribution in [0, 0.1) is 12.8 Å². The number of anilines is 1. The van der Waals surface area contributed by atoms with Gasteiger partial charge in [0, 0.05) is 38.4 Å². The average Bonchev–Trinajstić information content (AvgIpc) is 2.49. The second-order valence-corrected chi connectivity index (χ2v) is 6.00. The van der Waals surface area contributed by atoms with Crippen molar-refractivity contribution in [3.63, 3.8) is 0 Å². The molecular formula is C16H25N3O. The predicted octanol–water partition coefficient (Wildman–Crippen LogP) is 1.94. The number of ether oxygens (including phenoxy) is 1. The Morgan fingerprint density at radius 1 is 1.25 bits per heavy atom. The van der Waals surface area contributed by atoms with E-state index in [0.717, 1.165) is 56.8 Å². The third kappa shape index (κ3) is 3.49. The zero-order valence-electron chi connectivity index (χ0n) is 12.4. The van der Waals surface area contributed by atoms with Crippen LogP contribution in [-0.2, 0) is 4.74 Å². The van der Waals surface area contributed by atoms with Crippen LogP contribution in [0.2, 0.25) is 0 Å². The largest absolute Gasteiger partial charge is 0.379 e. The van der Waals surface area contributed by atoms with Gasteiger partial charge in [0.2, 0.25) is 0 Å². The van der Waals surface area contributed by atoms with Gasteiger partial charge in [-0.05, 0) is 37.8 Å². The molecule has 2 aliphatic rings. The van der Waals surface area contributed by atoms with E-state index in [1.807, 2.05) is 0 Å². The first-order chi connectivity index (χ1) is 9.81. The molecule has 0 spiro atoms. The molecule has 1 atom stereocenters. The van der Waals surface area contributed by atoms with Gasteiger partial charge in [-0.2, -0.15) is 0 Å². The average molecular weight is 275 g/mol. The van der Waals surface area contributed by atoms with Crippen LogP contribution in [-0.4, -0.2) is 55.8 Å². The molecule has 0 bridgehead atoms. The van der Waals surface area contributed by atoms with E-state index in [9.17, 15) is 0 Å². The molecule has 0 aromatic carbocycles. The van der Waals surface area contributed by atoms with Crippen molar-refractivity contribution in [2.75, 3.05) is 50.8 Å². The van der Waals surface area contributed by atoms with Gasteiger partial charge in [-0.3, -0.25) is 4.90 Å². The van der Waals surface area contributed by atoms with Crippen molar-refractivity contribution in [2.45, 2.75) is 19.8 Å². The molecule has 20 heavy (non-hydrogen) atoms. The molecule has 0 saturated carbocycles. The summed E-state index contributed by atoms with van der Waals surface area (Å²) >= 11 is 0. The Morgan fingerprint density at radius 3 is 2.90 bits per heavy atom. The van der Waals surface area contributed by atoms with E-state index < -0.39 is 0 Å². The Morgan fingerprint density at radius 2 is 2.10 bits per heavy atom. The first-order valence-corrected chi connectivity index (χ1v) is 7.80. The molecule has 2 aliphatic heterocycles. The Labute approximate surface area is 121 Å². The maximum Gasteiger partial charge on any atom is 0.128 e. The minimum absolute atomic E-state index is 0.768. The lowest BCUT2D eigenvalue weighted by Gasteiger charge is -2.37. The summed E-state index contributed by atoms with van der Waals surface area (Å²) in [5.41, 5.74) is 1.11. The van der Waals surface area contributed by atoms with Crippen LogP contribution in [0.25, 0.3) is 0 Å². The number of piperidine rings is 1. The van der Waals surface area contributed by atoms with Crippen molar-refractivity contribution in [1.29, 1.82) is 0 Å². The molecule has 2 saturated heterocycles. The summed E-state index contributed by atoms with van der Waals surface area (Å²) in [6.45, 7) is 9.57. The third-order valence-corrected chi connectivity index (χ3v) is 4.34. The maximum absolute atomic E-state index is 5.43. The Kier molecular flexibility index (Phi) is 4.53. The molecule has 3 heterocycles. The smallest absolute Gasteiger partial charge is 0.128 e. The van der Waals surface area contributed by atoms with E-state index in [1.54, 1.807) is 0 Å². The van der Waals surface area contributed by atoms with Crippen LogP contribution in [0.1, 0.15) is 18.5 Å². The molecule has 4 nitrogen and oxygen atoms in total. The third-order valence-electron chi connectivity index (χ3n) is 4.34. The van der Waals surface area contributed by atoms with Gasteiger partial charge in [-0.15, -0.1) is 0 Å². The van der Waals surface area contributed by atoms with Gasteiger partial charge in [0.1, 0.15) is 5.82 Å². The number of aromatic nitrogens is 1. The van der Waals surface area contributed by atoms with Crippen LogP contribution in [0.3, 0.4) is 0 Å². The normalized spacial score (nSPS) is 24.9. The van der Waals surface area contributed by atoms with E-state index in [4.69, 9.17) is 4.74 Å². The van der Waals surface area contributed by atoms with Crippen LogP contribution >= 0.6 is 0 Å². The summed E-state index contributed by atoms with van der Waals surface area (Å²) < 4.78 is 5.43. The van der Waals surface area contributed by atoms with Crippen LogP contribution in [0.5, 0.6) is 0 Å². The van der Waals surface area contributed by atoms with E-state index in [0.29, 0.717) is 0 Å². The quantitative estimate of drug-likeness (QED) is 0.843. The molecule has 0 aliphatic carbocycles. The summed E-state index contributed by atoms with van der Waals surface area (Å²) in [4.78, 5) is 9.69. The summed E-state index contributed by atoms with van der Waals surface area (Å²) in [5.74, 6) is 1.92. The highest BCUT2D eigenvalue weighted by molar-refractivity contribution is 5.39. The zero-order valence-corrected chi connectivity index (χ0v) is 12.4. The number of aryl methyl sites for hydroxylation is 1. The first kappa shape index (κ1) is 13.8. The Bertz CT molecular complexity index is 431. The molecule has 1 aromatic rings. The molecule has 4 heteroatoms. The summed E-state index contributed by atoms with van der Waals surface area (Å²) in [5, 5.41) is 0. The monoisotopic (exact) mass is 275 g/mol. The predicted molar refractivity (Wildman–Crippen MR) is 81.2 cm³/mol. The minimum atomic E-state index is 0.768.